The molecule has 7 nitrogen and oxygen atoms in total. The number of hydrogen-bond acceptors (Lipinski definition) is 5. The Labute approximate surface area is 283 Å². The number of aliphatic hydroxyl groups is 2. The Morgan fingerprint density at radius 3 is 1.43 bits per heavy atom. The van der Waals surface area contributed by atoms with E-state index in [1.165, 1.54) is 102 Å². The second kappa shape index (κ2) is 32.1. The standard InChI is InChI=1S/C38H71NO6S/c1-3-5-7-9-11-13-15-16-17-18-19-20-21-22-23-25-26-28-30-32-36(40)35(34-46(43,44)45)39-38(42)37(41)33-31-29-27-24-14-12-10-8-6-4-2/h19-20,23,25,30,32,35-37,40-41H,3-18,21-22,24,26-29,31,33-34H2,1-2H3,(H,39,42)(H,43,44,45)/b20-19+,25-23+,32-30+. The van der Waals surface area contributed by atoms with Crippen molar-refractivity contribution in [3.63, 3.8) is 0 Å². The van der Waals surface area contributed by atoms with Gasteiger partial charge in [-0.2, -0.15) is 8.42 Å². The van der Waals surface area contributed by atoms with Crippen molar-refractivity contribution in [2.75, 3.05) is 5.75 Å². The molecule has 8 heteroatoms. The number of aliphatic hydroxyl groups excluding tert-OH is 2. The van der Waals surface area contributed by atoms with Gasteiger partial charge >= 0.3 is 0 Å². The zero-order valence-electron chi connectivity index (χ0n) is 29.6. The van der Waals surface area contributed by atoms with Gasteiger partial charge in [-0.25, -0.2) is 0 Å². The Kier molecular flexibility index (Phi) is 31.1. The van der Waals surface area contributed by atoms with Crippen LogP contribution in [-0.2, 0) is 14.9 Å². The van der Waals surface area contributed by atoms with Crippen molar-refractivity contribution in [2.45, 2.75) is 193 Å². The topological polar surface area (TPSA) is 124 Å². The maximum absolute atomic E-state index is 12.5. The monoisotopic (exact) mass is 670 g/mol. The summed E-state index contributed by atoms with van der Waals surface area (Å²) in [6.07, 6.45) is 37.8. The average molecular weight is 670 g/mol. The highest BCUT2D eigenvalue weighted by Gasteiger charge is 2.27. The molecular formula is C38H71NO6S. The molecule has 0 aromatic heterocycles. The number of carbonyl (C=O) groups is 1. The van der Waals surface area contributed by atoms with Gasteiger partial charge in [0.15, 0.2) is 0 Å². The van der Waals surface area contributed by atoms with Gasteiger partial charge in [-0.3, -0.25) is 9.35 Å². The molecular weight excluding hydrogens is 598 g/mol. The molecule has 46 heavy (non-hydrogen) atoms. The minimum Gasteiger partial charge on any atom is -0.387 e. The molecule has 0 aliphatic heterocycles. The van der Waals surface area contributed by atoms with Crippen molar-refractivity contribution >= 4 is 16.0 Å². The number of unbranched alkanes of at least 4 members (excludes halogenated alkanes) is 20. The molecule has 0 radical (unpaired) electrons. The number of carbonyl (C=O) groups excluding carboxylic acids is 1. The van der Waals surface area contributed by atoms with Crippen LogP contribution < -0.4 is 5.32 Å². The summed E-state index contributed by atoms with van der Waals surface area (Å²) in [5.74, 6) is -1.57. The Hall–Kier alpha value is -1.48. The molecule has 0 aliphatic carbocycles. The zero-order chi connectivity index (χ0) is 34.1. The number of amides is 1. The summed E-state index contributed by atoms with van der Waals surface area (Å²) in [4.78, 5) is 12.5. The van der Waals surface area contributed by atoms with Crippen LogP contribution in [0.4, 0.5) is 0 Å². The van der Waals surface area contributed by atoms with Crippen LogP contribution in [0.15, 0.2) is 36.5 Å². The number of hydrogen-bond donors (Lipinski definition) is 4. The highest BCUT2D eigenvalue weighted by Crippen LogP contribution is 2.13. The van der Waals surface area contributed by atoms with Gasteiger partial charge in [-0.05, 0) is 44.9 Å². The third kappa shape index (κ3) is 31.1. The zero-order valence-corrected chi connectivity index (χ0v) is 30.4. The molecule has 270 valence electrons. The van der Waals surface area contributed by atoms with Crippen LogP contribution in [0.3, 0.4) is 0 Å². The highest BCUT2D eigenvalue weighted by molar-refractivity contribution is 7.85. The molecule has 0 aromatic rings. The van der Waals surface area contributed by atoms with Crippen molar-refractivity contribution in [2.24, 2.45) is 0 Å². The lowest BCUT2D eigenvalue weighted by molar-refractivity contribution is -0.130. The van der Waals surface area contributed by atoms with Crippen LogP contribution in [0.1, 0.15) is 174 Å². The van der Waals surface area contributed by atoms with Crippen molar-refractivity contribution in [1.82, 2.24) is 5.32 Å². The second-order valence-electron chi connectivity index (χ2n) is 13.0. The first kappa shape index (κ1) is 44.5. The summed E-state index contributed by atoms with van der Waals surface area (Å²) in [7, 11) is -4.45. The summed E-state index contributed by atoms with van der Waals surface area (Å²) in [5, 5.41) is 23.2. The van der Waals surface area contributed by atoms with Crippen LogP contribution in [0.2, 0.25) is 0 Å². The molecule has 0 saturated heterocycles. The van der Waals surface area contributed by atoms with E-state index in [1.54, 1.807) is 6.08 Å². The quantitative estimate of drug-likeness (QED) is 0.0313. The van der Waals surface area contributed by atoms with E-state index in [0.717, 1.165) is 44.9 Å². The molecule has 0 aliphatic rings. The highest BCUT2D eigenvalue weighted by atomic mass is 32.2. The molecule has 0 heterocycles. The van der Waals surface area contributed by atoms with Gasteiger partial charge in [-0.15, -0.1) is 0 Å². The first-order chi connectivity index (χ1) is 22.2. The first-order valence-corrected chi connectivity index (χ1v) is 20.4. The predicted molar refractivity (Wildman–Crippen MR) is 195 cm³/mol. The van der Waals surface area contributed by atoms with Crippen molar-refractivity contribution in [3.8, 4) is 0 Å². The van der Waals surface area contributed by atoms with E-state index in [2.05, 4.69) is 43.5 Å². The SMILES string of the molecule is CCCCCCCCCCC/C=C/CC/C=C/CC/C=C/C(O)C(CS(=O)(=O)O)NC(=O)C(O)CCCCCCCCCCCC. The van der Waals surface area contributed by atoms with Crippen LogP contribution in [-0.4, -0.2) is 53.1 Å². The number of nitrogens with one attached hydrogen (secondary N) is 1. The Bertz CT molecular complexity index is 886. The fourth-order valence-electron chi connectivity index (χ4n) is 5.49. The predicted octanol–water partition coefficient (Wildman–Crippen LogP) is 9.54. The van der Waals surface area contributed by atoms with Crippen LogP contribution in [0, 0.1) is 0 Å². The van der Waals surface area contributed by atoms with E-state index in [1.807, 2.05) is 0 Å². The van der Waals surface area contributed by atoms with Crippen molar-refractivity contribution < 1.29 is 28.0 Å². The van der Waals surface area contributed by atoms with E-state index < -0.39 is 40.0 Å². The van der Waals surface area contributed by atoms with E-state index in [4.69, 9.17) is 0 Å². The maximum atomic E-state index is 12.5. The molecule has 0 spiro atoms. The van der Waals surface area contributed by atoms with Gasteiger partial charge in [0.25, 0.3) is 10.1 Å². The number of allylic oxidation sites excluding steroid dienone is 5. The number of rotatable bonds is 33. The minimum absolute atomic E-state index is 0.272. The minimum atomic E-state index is -4.45. The van der Waals surface area contributed by atoms with E-state index in [0.29, 0.717) is 12.8 Å². The van der Waals surface area contributed by atoms with Gasteiger partial charge in [0.1, 0.15) is 6.10 Å². The first-order valence-electron chi connectivity index (χ1n) is 18.8. The van der Waals surface area contributed by atoms with E-state index in [-0.39, 0.29) is 6.42 Å². The maximum Gasteiger partial charge on any atom is 0.267 e. The lowest BCUT2D eigenvalue weighted by atomic mass is 10.0. The van der Waals surface area contributed by atoms with Gasteiger partial charge in [0.2, 0.25) is 5.91 Å². The van der Waals surface area contributed by atoms with Crippen LogP contribution in [0.25, 0.3) is 0 Å². The molecule has 0 aromatic carbocycles. The van der Waals surface area contributed by atoms with Crippen LogP contribution >= 0.6 is 0 Å². The molecule has 0 saturated carbocycles. The summed E-state index contributed by atoms with van der Waals surface area (Å²) in [6.45, 7) is 4.47. The molecule has 4 N–H and O–H groups in total. The Morgan fingerprint density at radius 2 is 0.978 bits per heavy atom. The largest absolute Gasteiger partial charge is 0.387 e. The molecule has 3 atom stereocenters. The molecule has 0 bridgehead atoms. The average Bonchev–Trinajstić information content (AvgIpc) is 3.01. The molecule has 1 amide bonds. The summed E-state index contributed by atoms with van der Waals surface area (Å²) in [6, 6.07) is -1.25. The molecule has 0 rings (SSSR count). The molecule has 3 unspecified atom stereocenters. The fourth-order valence-corrected chi connectivity index (χ4v) is 6.22. The van der Waals surface area contributed by atoms with Crippen LogP contribution in [0.5, 0.6) is 0 Å². The van der Waals surface area contributed by atoms with Gasteiger partial charge in [0.05, 0.1) is 17.9 Å². The molecule has 0 fully saturated rings. The third-order valence-corrected chi connectivity index (χ3v) is 9.19. The van der Waals surface area contributed by atoms with E-state index in [9.17, 15) is 28.0 Å². The van der Waals surface area contributed by atoms with Gasteiger partial charge in [0, 0.05) is 0 Å². The fraction of sp³-hybridized carbons (Fsp3) is 0.816. The summed E-state index contributed by atoms with van der Waals surface area (Å²) < 4.78 is 32.4. The van der Waals surface area contributed by atoms with Gasteiger partial charge in [-0.1, -0.05) is 166 Å². The summed E-state index contributed by atoms with van der Waals surface area (Å²) >= 11 is 0. The smallest absolute Gasteiger partial charge is 0.267 e. The van der Waals surface area contributed by atoms with Gasteiger partial charge < -0.3 is 15.5 Å². The van der Waals surface area contributed by atoms with Crippen molar-refractivity contribution in [3.05, 3.63) is 36.5 Å². The van der Waals surface area contributed by atoms with E-state index >= 15 is 0 Å². The second-order valence-corrected chi connectivity index (χ2v) is 14.5. The Balaban J connectivity index is 4.17. The lowest BCUT2D eigenvalue weighted by Crippen LogP contribution is -2.50. The van der Waals surface area contributed by atoms with Crippen molar-refractivity contribution in [1.29, 1.82) is 0 Å². The Morgan fingerprint density at radius 1 is 0.587 bits per heavy atom. The summed E-state index contributed by atoms with van der Waals surface area (Å²) in [5.41, 5.74) is 0. The third-order valence-electron chi connectivity index (χ3n) is 8.40. The normalized spacial score (nSPS) is 14.5. The lowest BCUT2D eigenvalue weighted by Gasteiger charge is -2.22.